The Balaban J connectivity index is 1.53. The van der Waals surface area contributed by atoms with E-state index >= 15 is 0 Å². The lowest BCUT2D eigenvalue weighted by molar-refractivity contribution is -0.142. The zero-order valence-corrected chi connectivity index (χ0v) is 18.0. The summed E-state index contributed by atoms with van der Waals surface area (Å²) in [6.45, 7) is 3.80. The Labute approximate surface area is 187 Å². The molecule has 0 bridgehead atoms. The molecule has 0 spiro atoms. The molecule has 3 aromatic rings. The maximum absolute atomic E-state index is 13.1. The first-order chi connectivity index (χ1) is 15.4. The number of hydrogen-bond acceptors (Lipinski definition) is 4. The lowest BCUT2D eigenvalue weighted by Gasteiger charge is -2.29. The molecule has 1 N–H and O–H groups in total. The van der Waals surface area contributed by atoms with Crippen molar-refractivity contribution in [3.8, 4) is 0 Å². The van der Waals surface area contributed by atoms with Gasteiger partial charge in [-0.05, 0) is 74.0 Å². The molecule has 0 radical (unpaired) electrons. The van der Waals surface area contributed by atoms with Crippen molar-refractivity contribution in [3.05, 3.63) is 96.3 Å². The predicted octanol–water partition coefficient (Wildman–Crippen LogP) is 5.57. The van der Waals surface area contributed by atoms with E-state index in [0.717, 1.165) is 17.5 Å². The molecule has 0 aliphatic rings. The number of ether oxygens (including phenoxy) is 1. The minimum atomic E-state index is -0.685. The molecule has 0 saturated heterocycles. The lowest BCUT2D eigenvalue weighted by atomic mass is 10.2. The summed E-state index contributed by atoms with van der Waals surface area (Å²) in [5.74, 6) is -1.53. The van der Waals surface area contributed by atoms with Crippen LogP contribution in [0.5, 0.6) is 0 Å². The second-order valence-corrected chi connectivity index (χ2v) is 7.39. The number of amides is 1. The SMILES string of the molecule is CC(C)N(c1ccccc1)c1ccc(NC(=O)COC(=O)C=Cc2cccc(F)c2)cc1. The maximum atomic E-state index is 13.1. The molecule has 0 aromatic heterocycles. The van der Waals surface area contributed by atoms with Gasteiger partial charge in [-0.1, -0.05) is 30.3 Å². The first kappa shape index (κ1) is 22.7. The summed E-state index contributed by atoms with van der Waals surface area (Å²) in [5.41, 5.74) is 3.20. The molecule has 0 atom stereocenters. The molecule has 6 heteroatoms. The monoisotopic (exact) mass is 432 g/mol. The third-order valence-corrected chi connectivity index (χ3v) is 4.59. The van der Waals surface area contributed by atoms with Gasteiger partial charge in [0.25, 0.3) is 5.91 Å². The normalized spacial score (nSPS) is 10.9. The number of carbonyl (C=O) groups is 2. The summed E-state index contributed by atoms with van der Waals surface area (Å²) in [4.78, 5) is 26.1. The topological polar surface area (TPSA) is 58.6 Å². The van der Waals surface area contributed by atoms with Crippen LogP contribution in [0.1, 0.15) is 19.4 Å². The minimum absolute atomic E-state index is 0.248. The highest BCUT2D eigenvalue weighted by Crippen LogP contribution is 2.28. The molecule has 0 unspecified atom stereocenters. The van der Waals surface area contributed by atoms with Crippen LogP contribution < -0.4 is 10.2 Å². The highest BCUT2D eigenvalue weighted by atomic mass is 19.1. The zero-order chi connectivity index (χ0) is 22.9. The molecule has 3 rings (SSSR count). The number of nitrogens with one attached hydrogen (secondary N) is 1. The number of benzene rings is 3. The Bertz CT molecular complexity index is 1080. The van der Waals surface area contributed by atoms with Crippen LogP contribution in [0.15, 0.2) is 84.9 Å². The quantitative estimate of drug-likeness (QED) is 0.374. The van der Waals surface area contributed by atoms with Crippen LogP contribution in [-0.4, -0.2) is 24.5 Å². The van der Waals surface area contributed by atoms with Gasteiger partial charge in [0.1, 0.15) is 5.82 Å². The van der Waals surface area contributed by atoms with Gasteiger partial charge in [-0.3, -0.25) is 4.79 Å². The van der Waals surface area contributed by atoms with Gasteiger partial charge in [-0.2, -0.15) is 0 Å². The van der Waals surface area contributed by atoms with E-state index in [-0.39, 0.29) is 6.04 Å². The van der Waals surface area contributed by atoms with Crippen LogP contribution in [0.3, 0.4) is 0 Å². The van der Waals surface area contributed by atoms with Crippen molar-refractivity contribution >= 4 is 35.0 Å². The number of carbonyl (C=O) groups excluding carboxylic acids is 2. The molecule has 1 amide bonds. The summed E-state index contributed by atoms with van der Waals surface area (Å²) in [7, 11) is 0. The van der Waals surface area contributed by atoms with Crippen LogP contribution in [0.25, 0.3) is 6.08 Å². The van der Waals surface area contributed by atoms with Crippen LogP contribution in [0.2, 0.25) is 0 Å². The predicted molar refractivity (Wildman–Crippen MR) is 125 cm³/mol. The highest BCUT2D eigenvalue weighted by Gasteiger charge is 2.13. The van der Waals surface area contributed by atoms with Crippen molar-refractivity contribution in [3.63, 3.8) is 0 Å². The number of para-hydroxylation sites is 1. The number of halogens is 1. The van der Waals surface area contributed by atoms with Crippen molar-refractivity contribution < 1.29 is 18.7 Å². The maximum Gasteiger partial charge on any atom is 0.331 e. The van der Waals surface area contributed by atoms with Gasteiger partial charge in [0.2, 0.25) is 0 Å². The van der Waals surface area contributed by atoms with E-state index in [0.29, 0.717) is 11.3 Å². The average molecular weight is 432 g/mol. The van der Waals surface area contributed by atoms with Crippen LogP contribution >= 0.6 is 0 Å². The van der Waals surface area contributed by atoms with E-state index in [1.807, 2.05) is 42.5 Å². The van der Waals surface area contributed by atoms with Gasteiger partial charge in [-0.15, -0.1) is 0 Å². The van der Waals surface area contributed by atoms with Crippen molar-refractivity contribution in [2.24, 2.45) is 0 Å². The van der Waals surface area contributed by atoms with Crippen molar-refractivity contribution in [1.29, 1.82) is 0 Å². The molecule has 0 fully saturated rings. The van der Waals surface area contributed by atoms with Crippen molar-refractivity contribution in [2.45, 2.75) is 19.9 Å². The summed E-state index contributed by atoms with van der Waals surface area (Å²) in [6, 6.07) is 23.6. The fraction of sp³-hybridized carbons (Fsp3) is 0.154. The van der Waals surface area contributed by atoms with Crippen molar-refractivity contribution in [2.75, 3.05) is 16.8 Å². The molecule has 0 saturated carbocycles. The van der Waals surface area contributed by atoms with Gasteiger partial charge in [0, 0.05) is 29.2 Å². The summed E-state index contributed by atoms with van der Waals surface area (Å²) in [5, 5.41) is 2.71. The second kappa shape index (κ2) is 10.9. The van der Waals surface area contributed by atoms with Gasteiger partial charge >= 0.3 is 5.97 Å². The largest absolute Gasteiger partial charge is 0.452 e. The Kier molecular flexibility index (Phi) is 7.75. The van der Waals surface area contributed by atoms with Crippen molar-refractivity contribution in [1.82, 2.24) is 0 Å². The van der Waals surface area contributed by atoms with E-state index in [4.69, 9.17) is 4.74 Å². The fourth-order valence-electron chi connectivity index (χ4n) is 3.20. The second-order valence-electron chi connectivity index (χ2n) is 7.39. The number of rotatable bonds is 8. The molecule has 3 aromatic carbocycles. The van der Waals surface area contributed by atoms with E-state index in [2.05, 4.69) is 24.1 Å². The Hall–Kier alpha value is -3.93. The Morgan fingerprint density at radius 1 is 0.969 bits per heavy atom. The number of hydrogen-bond donors (Lipinski definition) is 1. The van der Waals surface area contributed by atoms with Crippen LogP contribution in [-0.2, 0) is 14.3 Å². The number of esters is 1. The molecule has 32 heavy (non-hydrogen) atoms. The standard InChI is InChI=1S/C26H25FN2O3/c1-19(2)29(23-9-4-3-5-10-23)24-14-12-22(13-15-24)28-25(30)18-32-26(31)16-11-20-7-6-8-21(27)17-20/h3-17,19H,18H2,1-2H3,(H,28,30). The summed E-state index contributed by atoms with van der Waals surface area (Å²) < 4.78 is 18.1. The average Bonchev–Trinajstić information content (AvgIpc) is 2.78. The zero-order valence-electron chi connectivity index (χ0n) is 18.0. The summed E-state index contributed by atoms with van der Waals surface area (Å²) >= 11 is 0. The van der Waals surface area contributed by atoms with E-state index in [1.165, 1.54) is 18.2 Å². The number of nitrogens with zero attached hydrogens (tertiary/aromatic N) is 1. The molecular weight excluding hydrogens is 407 g/mol. The summed E-state index contributed by atoms with van der Waals surface area (Å²) in [6.07, 6.45) is 2.58. The third-order valence-electron chi connectivity index (χ3n) is 4.59. The van der Waals surface area contributed by atoms with Gasteiger partial charge in [0.15, 0.2) is 6.61 Å². The van der Waals surface area contributed by atoms with Gasteiger partial charge < -0.3 is 15.0 Å². The fourth-order valence-corrected chi connectivity index (χ4v) is 3.20. The number of anilines is 3. The molecule has 0 aliphatic carbocycles. The van der Waals surface area contributed by atoms with Gasteiger partial charge in [-0.25, -0.2) is 9.18 Å². The minimum Gasteiger partial charge on any atom is -0.452 e. The lowest BCUT2D eigenvalue weighted by Crippen LogP contribution is -2.25. The van der Waals surface area contributed by atoms with Crippen LogP contribution in [0.4, 0.5) is 21.5 Å². The smallest absolute Gasteiger partial charge is 0.331 e. The third kappa shape index (κ3) is 6.54. The van der Waals surface area contributed by atoms with E-state index in [1.54, 1.807) is 24.3 Å². The van der Waals surface area contributed by atoms with Gasteiger partial charge in [0.05, 0.1) is 0 Å². The molecule has 5 nitrogen and oxygen atoms in total. The molecule has 164 valence electrons. The first-order valence-corrected chi connectivity index (χ1v) is 10.3. The molecular formula is C26H25FN2O3. The van der Waals surface area contributed by atoms with E-state index in [9.17, 15) is 14.0 Å². The Morgan fingerprint density at radius 2 is 1.66 bits per heavy atom. The molecule has 0 aliphatic heterocycles. The highest BCUT2D eigenvalue weighted by molar-refractivity contribution is 5.94. The van der Waals surface area contributed by atoms with Crippen LogP contribution in [0, 0.1) is 5.82 Å². The first-order valence-electron chi connectivity index (χ1n) is 10.3. The van der Waals surface area contributed by atoms with E-state index < -0.39 is 24.3 Å². The Morgan fingerprint density at radius 3 is 2.31 bits per heavy atom. The molecule has 0 heterocycles.